The molecule has 4 rings (SSSR count). The van der Waals surface area contributed by atoms with E-state index in [0.717, 1.165) is 29.5 Å². The summed E-state index contributed by atoms with van der Waals surface area (Å²) in [6.45, 7) is 3.46. The standard InChI is InChI=1S/C21H24ClN3O4/c1-12-5-3-4-8-21(12)19(27)25(20(28)24-21)11-18(26)23-13(2)17-10-14-9-15(22)6-7-16(14)29-17/h6-7,9-10,12-13H,3-5,8,11H2,1-2H3,(H,23,26)(H,24,28)/t12-,13-,21+/m0/s1. The van der Waals surface area contributed by atoms with E-state index in [1.165, 1.54) is 0 Å². The summed E-state index contributed by atoms with van der Waals surface area (Å²) >= 11 is 6.00. The lowest BCUT2D eigenvalue weighted by Gasteiger charge is -2.36. The smallest absolute Gasteiger partial charge is 0.325 e. The highest BCUT2D eigenvalue weighted by molar-refractivity contribution is 6.31. The molecule has 1 saturated carbocycles. The summed E-state index contributed by atoms with van der Waals surface area (Å²) in [5, 5.41) is 7.11. The number of halogens is 1. The van der Waals surface area contributed by atoms with Crippen LogP contribution >= 0.6 is 11.6 Å². The Morgan fingerprint density at radius 3 is 2.93 bits per heavy atom. The average Bonchev–Trinajstić information content (AvgIpc) is 3.19. The lowest BCUT2D eigenvalue weighted by atomic mass is 9.73. The summed E-state index contributed by atoms with van der Waals surface area (Å²) in [6.07, 6.45) is 3.45. The van der Waals surface area contributed by atoms with Crippen molar-refractivity contribution >= 4 is 40.4 Å². The number of carbonyl (C=O) groups excluding carboxylic acids is 3. The molecule has 0 bridgehead atoms. The third kappa shape index (κ3) is 3.48. The van der Waals surface area contributed by atoms with Crippen LogP contribution in [0.1, 0.15) is 51.3 Å². The van der Waals surface area contributed by atoms with Crippen LogP contribution in [0.3, 0.4) is 0 Å². The zero-order valence-electron chi connectivity index (χ0n) is 16.5. The summed E-state index contributed by atoms with van der Waals surface area (Å²) in [5.41, 5.74) is -0.188. The molecule has 0 radical (unpaired) electrons. The Labute approximate surface area is 173 Å². The summed E-state index contributed by atoms with van der Waals surface area (Å²) in [5.74, 6) is -0.0804. The number of hydrogen-bond donors (Lipinski definition) is 2. The minimum Gasteiger partial charge on any atom is -0.459 e. The number of benzene rings is 1. The predicted octanol–water partition coefficient (Wildman–Crippen LogP) is 3.76. The van der Waals surface area contributed by atoms with Crippen molar-refractivity contribution in [3.8, 4) is 0 Å². The first kappa shape index (κ1) is 19.8. The van der Waals surface area contributed by atoms with E-state index >= 15 is 0 Å². The Balaban J connectivity index is 1.43. The highest BCUT2D eigenvalue weighted by Crippen LogP contribution is 2.38. The molecule has 8 heteroatoms. The van der Waals surface area contributed by atoms with Gasteiger partial charge in [0.15, 0.2) is 0 Å². The van der Waals surface area contributed by atoms with Crippen molar-refractivity contribution in [3.63, 3.8) is 0 Å². The lowest BCUT2D eigenvalue weighted by Crippen LogP contribution is -2.54. The number of furan rings is 1. The van der Waals surface area contributed by atoms with Gasteiger partial charge in [0.05, 0.1) is 6.04 Å². The van der Waals surface area contributed by atoms with E-state index in [1.54, 1.807) is 25.1 Å². The van der Waals surface area contributed by atoms with Crippen LogP contribution in [-0.4, -0.2) is 34.8 Å². The van der Waals surface area contributed by atoms with E-state index in [4.69, 9.17) is 16.0 Å². The summed E-state index contributed by atoms with van der Waals surface area (Å²) in [6, 6.07) is 6.20. The van der Waals surface area contributed by atoms with Crippen molar-refractivity contribution < 1.29 is 18.8 Å². The van der Waals surface area contributed by atoms with Gasteiger partial charge in [-0.05, 0) is 49.9 Å². The number of carbonyl (C=O) groups is 3. The largest absolute Gasteiger partial charge is 0.459 e. The van der Waals surface area contributed by atoms with Gasteiger partial charge < -0.3 is 15.1 Å². The molecular weight excluding hydrogens is 394 g/mol. The van der Waals surface area contributed by atoms with E-state index in [-0.39, 0.29) is 18.4 Å². The number of imide groups is 1. The van der Waals surface area contributed by atoms with Gasteiger partial charge in [-0.25, -0.2) is 4.79 Å². The van der Waals surface area contributed by atoms with Crippen molar-refractivity contribution in [2.24, 2.45) is 5.92 Å². The molecular formula is C21H24ClN3O4. The summed E-state index contributed by atoms with van der Waals surface area (Å²) in [7, 11) is 0. The number of hydrogen-bond acceptors (Lipinski definition) is 4. The monoisotopic (exact) mass is 417 g/mol. The minimum absolute atomic E-state index is 0.0575. The molecule has 1 saturated heterocycles. The Kier molecular flexibility index (Phi) is 5.02. The number of amides is 4. The molecule has 2 N–H and O–H groups in total. The number of fused-ring (bicyclic) bond motifs is 1. The topological polar surface area (TPSA) is 91.7 Å². The first-order chi connectivity index (χ1) is 13.8. The first-order valence-corrected chi connectivity index (χ1v) is 10.3. The van der Waals surface area contributed by atoms with Crippen molar-refractivity contribution in [1.29, 1.82) is 0 Å². The van der Waals surface area contributed by atoms with Crippen LogP contribution in [0.25, 0.3) is 11.0 Å². The fourth-order valence-corrected chi connectivity index (χ4v) is 4.57. The molecule has 1 spiro atoms. The Morgan fingerprint density at radius 2 is 2.17 bits per heavy atom. The molecule has 0 unspecified atom stereocenters. The molecule has 2 aromatic rings. The lowest BCUT2D eigenvalue weighted by molar-refractivity contribution is -0.137. The van der Waals surface area contributed by atoms with Crippen LogP contribution in [0.15, 0.2) is 28.7 Å². The molecule has 4 amide bonds. The second-order valence-electron chi connectivity index (χ2n) is 8.06. The average molecular weight is 418 g/mol. The van der Waals surface area contributed by atoms with Gasteiger partial charge in [0.1, 0.15) is 23.4 Å². The number of urea groups is 1. The molecule has 1 aliphatic carbocycles. The van der Waals surface area contributed by atoms with Gasteiger partial charge in [-0.2, -0.15) is 0 Å². The van der Waals surface area contributed by atoms with Gasteiger partial charge in [0.2, 0.25) is 5.91 Å². The fourth-order valence-electron chi connectivity index (χ4n) is 4.39. The molecule has 1 aromatic heterocycles. The van der Waals surface area contributed by atoms with Crippen LogP contribution in [-0.2, 0) is 9.59 Å². The summed E-state index contributed by atoms with van der Waals surface area (Å²) < 4.78 is 5.77. The molecule has 29 heavy (non-hydrogen) atoms. The molecule has 3 atom stereocenters. The van der Waals surface area contributed by atoms with Crippen LogP contribution in [0.2, 0.25) is 5.02 Å². The van der Waals surface area contributed by atoms with Crippen molar-refractivity contribution in [2.45, 2.75) is 51.1 Å². The second kappa shape index (κ2) is 7.37. The Morgan fingerprint density at radius 1 is 1.38 bits per heavy atom. The van der Waals surface area contributed by atoms with Gasteiger partial charge in [-0.3, -0.25) is 14.5 Å². The van der Waals surface area contributed by atoms with Crippen molar-refractivity contribution in [1.82, 2.24) is 15.5 Å². The van der Waals surface area contributed by atoms with Crippen LogP contribution in [0.4, 0.5) is 4.79 Å². The normalized spacial score (nSPS) is 25.5. The highest BCUT2D eigenvalue weighted by Gasteiger charge is 2.55. The van der Waals surface area contributed by atoms with E-state index in [0.29, 0.717) is 22.8 Å². The van der Waals surface area contributed by atoms with Crippen LogP contribution < -0.4 is 10.6 Å². The Bertz CT molecular complexity index is 987. The van der Waals surface area contributed by atoms with E-state index in [2.05, 4.69) is 10.6 Å². The molecule has 2 fully saturated rings. The molecule has 7 nitrogen and oxygen atoms in total. The van der Waals surface area contributed by atoms with E-state index in [1.807, 2.05) is 13.0 Å². The van der Waals surface area contributed by atoms with E-state index < -0.39 is 23.5 Å². The molecule has 1 aliphatic heterocycles. The van der Waals surface area contributed by atoms with Gasteiger partial charge >= 0.3 is 6.03 Å². The van der Waals surface area contributed by atoms with Crippen molar-refractivity contribution in [2.75, 3.05) is 6.54 Å². The number of nitrogens with zero attached hydrogens (tertiary/aromatic N) is 1. The van der Waals surface area contributed by atoms with Crippen molar-refractivity contribution in [3.05, 3.63) is 35.0 Å². The quantitative estimate of drug-likeness (QED) is 0.741. The maximum atomic E-state index is 13.0. The number of rotatable bonds is 4. The fraction of sp³-hybridized carbons (Fsp3) is 0.476. The van der Waals surface area contributed by atoms with Gasteiger partial charge in [-0.15, -0.1) is 0 Å². The SMILES string of the molecule is C[C@H](NC(=O)CN1C(=O)N[C@@]2(CCCC[C@@H]2C)C1=O)c1cc2cc(Cl)ccc2o1. The van der Waals surface area contributed by atoms with Crippen LogP contribution in [0.5, 0.6) is 0 Å². The zero-order valence-corrected chi connectivity index (χ0v) is 17.2. The maximum Gasteiger partial charge on any atom is 0.325 e. The number of nitrogens with one attached hydrogen (secondary N) is 2. The van der Waals surface area contributed by atoms with Crippen LogP contribution in [0, 0.1) is 5.92 Å². The molecule has 154 valence electrons. The zero-order chi connectivity index (χ0) is 20.8. The summed E-state index contributed by atoms with van der Waals surface area (Å²) in [4.78, 5) is 39.0. The second-order valence-corrected chi connectivity index (χ2v) is 8.50. The predicted molar refractivity (Wildman–Crippen MR) is 108 cm³/mol. The van der Waals surface area contributed by atoms with E-state index in [9.17, 15) is 14.4 Å². The highest BCUT2D eigenvalue weighted by atomic mass is 35.5. The third-order valence-corrected chi connectivity index (χ3v) is 6.34. The van der Waals surface area contributed by atoms with Gasteiger partial charge in [-0.1, -0.05) is 31.4 Å². The molecule has 1 aromatic carbocycles. The van der Waals surface area contributed by atoms with Gasteiger partial charge in [0.25, 0.3) is 5.91 Å². The first-order valence-electron chi connectivity index (χ1n) is 9.92. The maximum absolute atomic E-state index is 13.0. The Hall–Kier alpha value is -2.54. The molecule has 2 aliphatic rings. The molecule has 2 heterocycles. The van der Waals surface area contributed by atoms with Gasteiger partial charge in [0, 0.05) is 10.4 Å². The minimum atomic E-state index is -0.862. The third-order valence-electron chi connectivity index (χ3n) is 6.10.